The van der Waals surface area contributed by atoms with E-state index in [0.717, 1.165) is 32.6 Å². The highest BCUT2D eigenvalue weighted by Crippen LogP contribution is 2.42. The van der Waals surface area contributed by atoms with E-state index < -0.39 is 0 Å². The van der Waals surface area contributed by atoms with Crippen LogP contribution < -0.4 is 14.2 Å². The fourth-order valence-electron chi connectivity index (χ4n) is 3.63. The van der Waals surface area contributed by atoms with Crippen molar-refractivity contribution in [2.75, 3.05) is 21.3 Å². The second kappa shape index (κ2) is 8.86. The van der Waals surface area contributed by atoms with Gasteiger partial charge in [-0.2, -0.15) is 0 Å². The zero-order valence-corrected chi connectivity index (χ0v) is 19.1. The first-order valence-corrected chi connectivity index (χ1v) is 10.5. The zero-order valence-electron chi connectivity index (χ0n) is 17.5. The molecule has 0 saturated carbocycles. The van der Waals surface area contributed by atoms with Gasteiger partial charge >= 0.3 is 0 Å². The van der Waals surface area contributed by atoms with E-state index in [1.54, 1.807) is 32.3 Å². The van der Waals surface area contributed by atoms with E-state index in [1.165, 1.54) is 0 Å². The maximum atomic E-state index is 13.4. The highest BCUT2D eigenvalue weighted by Gasteiger charge is 2.34. The molecule has 0 bridgehead atoms. The van der Waals surface area contributed by atoms with Gasteiger partial charge in [0.15, 0.2) is 11.5 Å². The summed E-state index contributed by atoms with van der Waals surface area (Å²) < 4.78 is 17.1. The molecule has 158 valence electrons. The Hall–Kier alpha value is -3.25. The summed E-state index contributed by atoms with van der Waals surface area (Å²) in [6.45, 7) is 0.429. The molecule has 0 radical (unpaired) electrons. The highest BCUT2D eigenvalue weighted by molar-refractivity contribution is 9.10. The predicted octanol–water partition coefficient (Wildman–Crippen LogP) is 5.63. The number of ether oxygens (including phenoxy) is 3. The maximum absolute atomic E-state index is 13.4. The fraction of sp³-hybridized carbons (Fsp3) is 0.160. The quantitative estimate of drug-likeness (QED) is 0.459. The van der Waals surface area contributed by atoms with Crippen molar-refractivity contribution in [2.45, 2.75) is 6.54 Å². The molecule has 1 heterocycles. The summed E-state index contributed by atoms with van der Waals surface area (Å²) in [6, 6.07) is 19.2. The van der Waals surface area contributed by atoms with E-state index in [0.29, 0.717) is 23.6 Å². The number of nitrogens with zero attached hydrogens (tertiary/aromatic N) is 1. The van der Waals surface area contributed by atoms with Crippen molar-refractivity contribution in [3.05, 3.63) is 87.4 Å². The molecule has 3 aromatic rings. The maximum Gasteiger partial charge on any atom is 0.259 e. The summed E-state index contributed by atoms with van der Waals surface area (Å²) in [6.07, 6.45) is 2.02. The fourth-order valence-corrected chi connectivity index (χ4v) is 4.03. The molecule has 1 aliphatic rings. The van der Waals surface area contributed by atoms with Crippen molar-refractivity contribution in [1.82, 2.24) is 4.90 Å². The van der Waals surface area contributed by atoms with Gasteiger partial charge in [0.2, 0.25) is 0 Å². The molecule has 6 heteroatoms. The van der Waals surface area contributed by atoms with Crippen molar-refractivity contribution in [3.63, 3.8) is 0 Å². The van der Waals surface area contributed by atoms with E-state index in [9.17, 15) is 4.79 Å². The van der Waals surface area contributed by atoms with Crippen molar-refractivity contribution in [1.29, 1.82) is 0 Å². The monoisotopic (exact) mass is 479 g/mol. The first-order valence-electron chi connectivity index (χ1n) is 9.73. The minimum atomic E-state index is -0.0786. The average molecular weight is 480 g/mol. The second-order valence-electron chi connectivity index (χ2n) is 7.04. The van der Waals surface area contributed by atoms with Crippen LogP contribution in [-0.4, -0.2) is 32.1 Å². The third-order valence-electron chi connectivity index (χ3n) is 5.26. The Morgan fingerprint density at radius 3 is 2.13 bits per heavy atom. The number of carbonyl (C=O) groups excluding carboxylic acids is 1. The number of fused-ring (bicyclic) bond motifs is 1. The first-order chi connectivity index (χ1) is 15.0. The van der Waals surface area contributed by atoms with Crippen molar-refractivity contribution in [3.8, 4) is 17.2 Å². The Morgan fingerprint density at radius 2 is 1.52 bits per heavy atom. The van der Waals surface area contributed by atoms with Crippen LogP contribution in [0.2, 0.25) is 0 Å². The van der Waals surface area contributed by atoms with Crippen LogP contribution in [-0.2, 0) is 6.54 Å². The van der Waals surface area contributed by atoms with E-state index >= 15 is 0 Å². The summed E-state index contributed by atoms with van der Waals surface area (Å²) >= 11 is 3.61. The lowest BCUT2D eigenvalue weighted by molar-refractivity contribution is 0.0843. The minimum absolute atomic E-state index is 0.0786. The molecule has 0 aliphatic carbocycles. The van der Waals surface area contributed by atoms with Gasteiger partial charge in [-0.15, -0.1) is 0 Å². The average Bonchev–Trinajstić information content (AvgIpc) is 3.05. The lowest BCUT2D eigenvalue weighted by atomic mass is 10.0. The molecule has 0 fully saturated rings. The van der Waals surface area contributed by atoms with Gasteiger partial charge in [0.05, 0.1) is 39.1 Å². The normalized spacial score (nSPS) is 14.0. The van der Waals surface area contributed by atoms with Gasteiger partial charge in [0, 0.05) is 10.0 Å². The van der Waals surface area contributed by atoms with Crippen LogP contribution in [0.15, 0.2) is 65.1 Å². The summed E-state index contributed by atoms with van der Waals surface area (Å²) in [5.74, 6) is 1.81. The van der Waals surface area contributed by atoms with E-state index in [1.807, 2.05) is 60.7 Å². The molecule has 5 nitrogen and oxygen atoms in total. The van der Waals surface area contributed by atoms with Crippen LogP contribution in [0.1, 0.15) is 27.0 Å². The third-order valence-corrected chi connectivity index (χ3v) is 5.99. The van der Waals surface area contributed by atoms with Crippen LogP contribution in [0, 0.1) is 0 Å². The van der Waals surface area contributed by atoms with Crippen LogP contribution in [0.3, 0.4) is 0 Å². The molecule has 0 N–H and O–H groups in total. The van der Waals surface area contributed by atoms with Gasteiger partial charge in [-0.25, -0.2) is 0 Å². The summed E-state index contributed by atoms with van der Waals surface area (Å²) in [7, 11) is 4.79. The Kier molecular flexibility index (Phi) is 6.00. The van der Waals surface area contributed by atoms with Crippen LogP contribution in [0.4, 0.5) is 0 Å². The molecule has 0 unspecified atom stereocenters. The summed E-state index contributed by atoms with van der Waals surface area (Å²) in [5, 5.41) is 0. The second-order valence-corrected chi connectivity index (χ2v) is 7.90. The van der Waals surface area contributed by atoms with Gasteiger partial charge < -0.3 is 19.1 Å². The van der Waals surface area contributed by atoms with Gasteiger partial charge in [-0.1, -0.05) is 46.3 Å². The molecule has 1 amide bonds. The highest BCUT2D eigenvalue weighted by atomic mass is 79.9. The van der Waals surface area contributed by atoms with Gasteiger partial charge in [-0.05, 0) is 47.5 Å². The van der Waals surface area contributed by atoms with E-state index in [2.05, 4.69) is 15.9 Å². The zero-order chi connectivity index (χ0) is 22.0. The predicted molar refractivity (Wildman–Crippen MR) is 124 cm³/mol. The van der Waals surface area contributed by atoms with Crippen molar-refractivity contribution in [2.24, 2.45) is 0 Å². The number of hydrogen-bond acceptors (Lipinski definition) is 4. The van der Waals surface area contributed by atoms with E-state index in [-0.39, 0.29) is 5.91 Å². The number of halogens is 1. The number of methoxy groups -OCH3 is 3. The number of benzene rings is 3. The van der Waals surface area contributed by atoms with E-state index in [4.69, 9.17) is 14.2 Å². The largest absolute Gasteiger partial charge is 0.497 e. The Balaban J connectivity index is 1.83. The molecule has 1 aliphatic heterocycles. The first kappa shape index (κ1) is 21.0. The molecular weight excluding hydrogens is 458 g/mol. The Bertz CT molecular complexity index is 1150. The Morgan fingerprint density at radius 1 is 0.871 bits per heavy atom. The standard InChI is InChI=1S/C25H22BrNO4/c1-29-18-10-8-16(9-11-18)15-27-22(12-17-6-4-5-7-21(17)26)19-13-23(30-2)24(31-3)14-20(19)25(27)28/h4-14H,15H2,1-3H3/b22-12+. The van der Waals surface area contributed by atoms with Gasteiger partial charge in [0.25, 0.3) is 5.91 Å². The van der Waals surface area contributed by atoms with Crippen molar-refractivity contribution < 1.29 is 19.0 Å². The third kappa shape index (κ3) is 4.03. The topological polar surface area (TPSA) is 48.0 Å². The van der Waals surface area contributed by atoms with Crippen LogP contribution in [0.5, 0.6) is 17.2 Å². The molecule has 4 rings (SSSR count). The number of hydrogen-bond donors (Lipinski definition) is 0. The molecule has 0 aromatic heterocycles. The van der Waals surface area contributed by atoms with Crippen LogP contribution in [0.25, 0.3) is 11.8 Å². The lowest BCUT2D eigenvalue weighted by Gasteiger charge is -2.19. The van der Waals surface area contributed by atoms with Gasteiger partial charge in [0.1, 0.15) is 5.75 Å². The van der Waals surface area contributed by atoms with Crippen molar-refractivity contribution >= 4 is 33.6 Å². The summed E-state index contributed by atoms with van der Waals surface area (Å²) in [5.41, 5.74) is 4.19. The number of rotatable bonds is 6. The number of amides is 1. The summed E-state index contributed by atoms with van der Waals surface area (Å²) in [4.78, 5) is 15.2. The number of carbonyl (C=O) groups is 1. The molecule has 3 aromatic carbocycles. The molecule has 0 atom stereocenters. The Labute approximate surface area is 190 Å². The van der Waals surface area contributed by atoms with Gasteiger partial charge in [-0.3, -0.25) is 4.79 Å². The lowest BCUT2D eigenvalue weighted by Crippen LogP contribution is -2.22. The molecule has 0 saturated heterocycles. The smallest absolute Gasteiger partial charge is 0.259 e. The minimum Gasteiger partial charge on any atom is -0.497 e. The molecular formula is C25H22BrNO4. The molecule has 31 heavy (non-hydrogen) atoms. The molecule has 0 spiro atoms. The SMILES string of the molecule is COc1ccc(CN2C(=O)c3cc(OC)c(OC)cc3/C2=C\c2ccccc2Br)cc1. The van der Waals surface area contributed by atoms with Crippen LogP contribution >= 0.6 is 15.9 Å².